The molecule has 0 saturated carbocycles. The van der Waals surface area contributed by atoms with Crippen molar-refractivity contribution in [1.82, 2.24) is 20.0 Å². The van der Waals surface area contributed by atoms with Gasteiger partial charge in [0.05, 0.1) is 28.6 Å². The molecule has 3 N–H and O–H groups in total. The highest BCUT2D eigenvalue weighted by molar-refractivity contribution is 5.97. The molecule has 2 amide bonds. The molecule has 0 aliphatic carbocycles. The minimum atomic E-state index is -0.181. The van der Waals surface area contributed by atoms with E-state index in [0.717, 1.165) is 24.2 Å². The van der Waals surface area contributed by atoms with E-state index in [0.29, 0.717) is 37.4 Å². The number of carbonyl (C=O) groups is 2. The molecular weight excluding hydrogens is 342 g/mol. The number of aromatic nitrogens is 2. The van der Waals surface area contributed by atoms with Crippen LogP contribution in [0, 0.1) is 19.8 Å². The number of nitrogens with one attached hydrogen (secondary N) is 1. The third-order valence-corrected chi connectivity index (χ3v) is 5.03. The SMILES string of the molecule is Cc1nn(-c2ccccc2)c(C)c1C(=O)N1CCCC(C(=O)NCCN)C1. The van der Waals surface area contributed by atoms with Gasteiger partial charge in [-0.2, -0.15) is 5.10 Å². The van der Waals surface area contributed by atoms with Gasteiger partial charge >= 0.3 is 0 Å². The van der Waals surface area contributed by atoms with Crippen molar-refractivity contribution in [2.75, 3.05) is 26.2 Å². The Bertz CT molecular complexity index is 815. The molecule has 0 bridgehead atoms. The molecule has 2 heterocycles. The first-order valence-corrected chi connectivity index (χ1v) is 9.41. The van der Waals surface area contributed by atoms with Crippen LogP contribution in [-0.2, 0) is 4.79 Å². The number of amides is 2. The van der Waals surface area contributed by atoms with Crippen LogP contribution in [0.2, 0.25) is 0 Å². The summed E-state index contributed by atoms with van der Waals surface area (Å²) in [6, 6.07) is 9.77. The Kier molecular flexibility index (Phi) is 5.91. The lowest BCUT2D eigenvalue weighted by atomic mass is 9.96. The Labute approximate surface area is 159 Å². The molecule has 7 nitrogen and oxygen atoms in total. The van der Waals surface area contributed by atoms with Crippen molar-refractivity contribution in [3.05, 3.63) is 47.3 Å². The highest BCUT2D eigenvalue weighted by atomic mass is 16.2. The van der Waals surface area contributed by atoms with Crippen LogP contribution in [0.15, 0.2) is 30.3 Å². The minimum Gasteiger partial charge on any atom is -0.355 e. The maximum Gasteiger partial charge on any atom is 0.257 e. The van der Waals surface area contributed by atoms with E-state index in [1.807, 2.05) is 44.2 Å². The van der Waals surface area contributed by atoms with Crippen molar-refractivity contribution in [3.8, 4) is 5.69 Å². The molecule has 1 saturated heterocycles. The smallest absolute Gasteiger partial charge is 0.257 e. The second-order valence-corrected chi connectivity index (χ2v) is 6.96. The maximum absolute atomic E-state index is 13.2. The summed E-state index contributed by atoms with van der Waals surface area (Å²) < 4.78 is 1.80. The molecule has 27 heavy (non-hydrogen) atoms. The van der Waals surface area contributed by atoms with E-state index in [4.69, 9.17) is 5.73 Å². The van der Waals surface area contributed by atoms with Crippen LogP contribution < -0.4 is 11.1 Å². The van der Waals surface area contributed by atoms with Gasteiger partial charge in [0.1, 0.15) is 0 Å². The molecule has 144 valence electrons. The first-order chi connectivity index (χ1) is 13.0. The van der Waals surface area contributed by atoms with Gasteiger partial charge in [0, 0.05) is 26.2 Å². The monoisotopic (exact) mass is 369 g/mol. The molecule has 1 fully saturated rings. The number of nitrogens with zero attached hydrogens (tertiary/aromatic N) is 3. The van der Waals surface area contributed by atoms with Gasteiger partial charge in [-0.1, -0.05) is 18.2 Å². The van der Waals surface area contributed by atoms with Gasteiger partial charge in [0.25, 0.3) is 5.91 Å². The zero-order valence-corrected chi connectivity index (χ0v) is 15.9. The number of para-hydroxylation sites is 1. The molecule has 2 aromatic rings. The van der Waals surface area contributed by atoms with Crippen LogP contribution in [0.4, 0.5) is 0 Å². The molecule has 1 aromatic carbocycles. The predicted octanol–water partition coefficient (Wildman–Crippen LogP) is 1.42. The number of nitrogens with two attached hydrogens (primary N) is 1. The molecule has 7 heteroatoms. The van der Waals surface area contributed by atoms with Gasteiger partial charge in [0.15, 0.2) is 0 Å². The number of carbonyl (C=O) groups excluding carboxylic acids is 2. The van der Waals surface area contributed by atoms with Crippen LogP contribution in [-0.4, -0.2) is 52.7 Å². The molecule has 1 aliphatic heterocycles. The second kappa shape index (κ2) is 8.35. The van der Waals surface area contributed by atoms with E-state index in [2.05, 4.69) is 10.4 Å². The average Bonchev–Trinajstić information content (AvgIpc) is 3.00. The largest absolute Gasteiger partial charge is 0.355 e. The number of hydrogen-bond donors (Lipinski definition) is 2. The number of benzene rings is 1. The lowest BCUT2D eigenvalue weighted by Crippen LogP contribution is -2.46. The second-order valence-electron chi connectivity index (χ2n) is 6.96. The van der Waals surface area contributed by atoms with Gasteiger partial charge in [0.2, 0.25) is 5.91 Å². The minimum absolute atomic E-state index is 0.0219. The summed E-state index contributed by atoms with van der Waals surface area (Å²) in [4.78, 5) is 27.2. The van der Waals surface area contributed by atoms with Crippen LogP contribution in [0.1, 0.15) is 34.6 Å². The Balaban J connectivity index is 1.80. The highest BCUT2D eigenvalue weighted by Crippen LogP contribution is 2.23. The van der Waals surface area contributed by atoms with Gasteiger partial charge in [-0.05, 0) is 38.8 Å². The number of hydrogen-bond acceptors (Lipinski definition) is 4. The molecule has 0 radical (unpaired) electrons. The third kappa shape index (κ3) is 4.03. The van der Waals surface area contributed by atoms with Crippen LogP contribution in [0.25, 0.3) is 5.69 Å². The van der Waals surface area contributed by atoms with Crippen molar-refractivity contribution in [2.24, 2.45) is 11.7 Å². The normalized spacial score (nSPS) is 17.0. The van der Waals surface area contributed by atoms with Gasteiger partial charge in [-0.3, -0.25) is 9.59 Å². The molecule has 1 aromatic heterocycles. The van der Waals surface area contributed by atoms with E-state index >= 15 is 0 Å². The van der Waals surface area contributed by atoms with Gasteiger partial charge in [-0.15, -0.1) is 0 Å². The van der Waals surface area contributed by atoms with Crippen molar-refractivity contribution in [3.63, 3.8) is 0 Å². The lowest BCUT2D eigenvalue weighted by molar-refractivity contribution is -0.126. The molecule has 0 spiro atoms. The van der Waals surface area contributed by atoms with Crippen molar-refractivity contribution in [2.45, 2.75) is 26.7 Å². The first kappa shape index (κ1) is 19.1. The van der Waals surface area contributed by atoms with E-state index in [9.17, 15) is 9.59 Å². The van der Waals surface area contributed by atoms with Crippen LogP contribution in [0.5, 0.6) is 0 Å². The van der Waals surface area contributed by atoms with E-state index < -0.39 is 0 Å². The standard InChI is InChI=1S/C20H27N5O2/c1-14-18(15(2)25(23-14)17-8-4-3-5-9-17)20(27)24-12-6-7-16(13-24)19(26)22-11-10-21/h3-5,8-9,16H,6-7,10-13,21H2,1-2H3,(H,22,26). The predicted molar refractivity (Wildman–Crippen MR) is 104 cm³/mol. The Hall–Kier alpha value is -2.67. The summed E-state index contributed by atoms with van der Waals surface area (Å²) in [5.41, 5.74) is 8.53. The fourth-order valence-electron chi connectivity index (χ4n) is 3.65. The summed E-state index contributed by atoms with van der Waals surface area (Å²) in [5.74, 6) is -0.256. The van der Waals surface area contributed by atoms with Crippen molar-refractivity contribution in [1.29, 1.82) is 0 Å². The fraction of sp³-hybridized carbons (Fsp3) is 0.450. The Morgan fingerprint density at radius 1 is 1.26 bits per heavy atom. The van der Waals surface area contributed by atoms with Crippen LogP contribution in [0.3, 0.4) is 0 Å². The van der Waals surface area contributed by atoms with Gasteiger partial charge < -0.3 is 16.0 Å². The molecular formula is C20H27N5O2. The molecule has 1 aliphatic rings. The Morgan fingerprint density at radius 2 is 2.00 bits per heavy atom. The topological polar surface area (TPSA) is 93.2 Å². The van der Waals surface area contributed by atoms with E-state index in [1.165, 1.54) is 0 Å². The zero-order valence-electron chi connectivity index (χ0n) is 15.9. The Morgan fingerprint density at radius 3 is 2.70 bits per heavy atom. The van der Waals surface area contributed by atoms with E-state index in [-0.39, 0.29) is 17.7 Å². The molecule has 1 unspecified atom stereocenters. The molecule has 3 rings (SSSR count). The summed E-state index contributed by atoms with van der Waals surface area (Å²) >= 11 is 0. The lowest BCUT2D eigenvalue weighted by Gasteiger charge is -2.32. The molecule has 1 atom stereocenters. The van der Waals surface area contributed by atoms with Crippen LogP contribution >= 0.6 is 0 Å². The van der Waals surface area contributed by atoms with Crippen molar-refractivity contribution < 1.29 is 9.59 Å². The quantitative estimate of drug-likeness (QED) is 0.833. The number of aryl methyl sites for hydroxylation is 1. The zero-order chi connectivity index (χ0) is 19.4. The average molecular weight is 369 g/mol. The fourth-order valence-corrected chi connectivity index (χ4v) is 3.65. The summed E-state index contributed by atoms with van der Waals surface area (Å²) in [6.07, 6.45) is 1.61. The van der Waals surface area contributed by atoms with Gasteiger partial charge in [-0.25, -0.2) is 4.68 Å². The highest BCUT2D eigenvalue weighted by Gasteiger charge is 2.31. The number of piperidine rings is 1. The first-order valence-electron chi connectivity index (χ1n) is 9.41. The number of rotatable bonds is 5. The third-order valence-electron chi connectivity index (χ3n) is 5.03. The number of likely N-dealkylation sites (tertiary alicyclic amines) is 1. The van der Waals surface area contributed by atoms with E-state index in [1.54, 1.807) is 9.58 Å². The summed E-state index contributed by atoms with van der Waals surface area (Å²) in [6.45, 7) is 5.74. The summed E-state index contributed by atoms with van der Waals surface area (Å²) in [5, 5.41) is 7.40. The maximum atomic E-state index is 13.2. The summed E-state index contributed by atoms with van der Waals surface area (Å²) in [7, 11) is 0. The van der Waals surface area contributed by atoms with Crippen molar-refractivity contribution >= 4 is 11.8 Å².